The third-order valence-electron chi connectivity index (χ3n) is 4.00. The van der Waals surface area contributed by atoms with Gasteiger partial charge in [0.05, 0.1) is 49.2 Å². The van der Waals surface area contributed by atoms with Crippen molar-refractivity contribution >= 4 is 15.0 Å². The zero-order valence-electron chi connectivity index (χ0n) is 16.2. The van der Waals surface area contributed by atoms with E-state index in [1.807, 2.05) is 0 Å². The smallest absolute Gasteiger partial charge is 0.324 e. The van der Waals surface area contributed by atoms with Crippen molar-refractivity contribution in [3.8, 4) is 12.1 Å². The van der Waals surface area contributed by atoms with Crippen LogP contribution in [0.25, 0.3) is 0 Å². The summed E-state index contributed by atoms with van der Waals surface area (Å²) in [6.45, 7) is 7.39. The molecule has 7 nitrogen and oxygen atoms in total. The molecule has 0 spiro atoms. The second-order valence-corrected chi connectivity index (χ2v) is 10.9. The van der Waals surface area contributed by atoms with Gasteiger partial charge in [-0.3, -0.25) is 9.13 Å². The number of nitrogens with zero attached hydrogens (tertiary/aromatic N) is 2. The number of nitriles is 2. The van der Waals surface area contributed by atoms with Gasteiger partial charge in [0.15, 0.2) is 0 Å². The Morgan fingerprint density at radius 3 is 1.78 bits per heavy atom. The fraction of sp³-hybridized carbons (Fsp3) is 0.556. The average molecular weight is 412 g/mol. The van der Waals surface area contributed by atoms with Crippen LogP contribution in [0.5, 0.6) is 0 Å². The third-order valence-corrected chi connectivity index (χ3v) is 8.56. The molecule has 0 amide bonds. The Morgan fingerprint density at radius 2 is 1.33 bits per heavy atom. The molecule has 0 saturated heterocycles. The molecule has 148 valence electrons. The molecule has 27 heavy (non-hydrogen) atoms. The maximum atomic E-state index is 12.8. The minimum absolute atomic E-state index is 0.0224. The van der Waals surface area contributed by atoms with Gasteiger partial charge in [-0.1, -0.05) is 13.8 Å². The summed E-state index contributed by atoms with van der Waals surface area (Å²) in [4.78, 5) is 0. The summed E-state index contributed by atoms with van der Waals surface area (Å²) in [6.07, 6.45) is 0.705. The molecule has 0 saturated carbocycles. The summed E-state index contributed by atoms with van der Waals surface area (Å²) in [7, 11) is -6.16. The summed E-state index contributed by atoms with van der Waals surface area (Å²) in [5, 5.41) is 18.9. The van der Waals surface area contributed by atoms with Crippen LogP contribution in [0.15, 0.2) is 12.1 Å². The summed E-state index contributed by atoms with van der Waals surface area (Å²) in [5.74, 6) is 0. The highest BCUT2D eigenvalue weighted by Gasteiger charge is 2.27. The first-order valence-corrected chi connectivity index (χ1v) is 12.6. The molecule has 0 heterocycles. The van der Waals surface area contributed by atoms with Crippen LogP contribution >= 0.6 is 15.0 Å². The van der Waals surface area contributed by atoms with Gasteiger partial charge in [0.2, 0.25) is 7.37 Å². The molecule has 0 radical (unpaired) electrons. The molecule has 0 aliphatic heterocycles. The van der Waals surface area contributed by atoms with Gasteiger partial charge in [0.25, 0.3) is 0 Å². The average Bonchev–Trinajstić information content (AvgIpc) is 2.66. The number of hydrogen-bond acceptors (Lipinski definition) is 7. The second-order valence-electron chi connectivity index (χ2n) is 5.72. The van der Waals surface area contributed by atoms with Crippen molar-refractivity contribution in [1.82, 2.24) is 0 Å². The van der Waals surface area contributed by atoms with Crippen LogP contribution in [0.1, 0.15) is 49.9 Å². The van der Waals surface area contributed by atoms with E-state index in [-0.39, 0.29) is 37.1 Å². The molecule has 0 aromatic heterocycles. The molecule has 0 N–H and O–H groups in total. The van der Waals surface area contributed by atoms with Crippen molar-refractivity contribution < 1.29 is 22.7 Å². The standard InChI is InChI=1S/C18H26N2O5P2/c1-5-23-27(22,24-6-2)14-18-10-15(11-19)17(9-16(18)12-20)13-25-26(21,7-3)8-4/h9-10H,5-8,13-14H2,1-4H3. The van der Waals surface area contributed by atoms with Crippen LogP contribution in [0.3, 0.4) is 0 Å². The molecule has 0 aliphatic rings. The van der Waals surface area contributed by atoms with Crippen LogP contribution in [-0.4, -0.2) is 25.5 Å². The minimum atomic E-state index is -3.41. The van der Waals surface area contributed by atoms with Crippen molar-refractivity contribution in [2.75, 3.05) is 25.5 Å². The molecule has 0 fully saturated rings. The van der Waals surface area contributed by atoms with Crippen molar-refractivity contribution in [1.29, 1.82) is 10.5 Å². The molecule has 0 aliphatic carbocycles. The van der Waals surface area contributed by atoms with E-state index in [0.717, 1.165) is 0 Å². The zero-order valence-corrected chi connectivity index (χ0v) is 18.0. The number of rotatable bonds is 11. The summed E-state index contributed by atoms with van der Waals surface area (Å²) >= 11 is 0. The van der Waals surface area contributed by atoms with Crippen LogP contribution in [0, 0.1) is 22.7 Å². The van der Waals surface area contributed by atoms with Gasteiger partial charge in [0.1, 0.15) is 0 Å². The quantitative estimate of drug-likeness (QED) is 0.469. The fourth-order valence-electron chi connectivity index (χ4n) is 2.47. The SMILES string of the molecule is CCOP(=O)(Cc1cc(C#N)c(COP(=O)(CC)CC)cc1C#N)OCC. The van der Waals surface area contributed by atoms with Crippen molar-refractivity contribution in [2.24, 2.45) is 0 Å². The lowest BCUT2D eigenvalue weighted by atomic mass is 10.0. The van der Waals surface area contributed by atoms with Crippen molar-refractivity contribution in [3.05, 3.63) is 34.4 Å². The van der Waals surface area contributed by atoms with Gasteiger partial charge in [0, 0.05) is 12.3 Å². The maximum Gasteiger partial charge on any atom is 0.335 e. The predicted molar refractivity (Wildman–Crippen MR) is 104 cm³/mol. The van der Waals surface area contributed by atoms with Gasteiger partial charge in [-0.15, -0.1) is 0 Å². The van der Waals surface area contributed by atoms with E-state index in [9.17, 15) is 19.7 Å². The predicted octanol–water partition coefficient (Wildman–Crippen LogP) is 5.03. The molecule has 1 rings (SSSR count). The van der Waals surface area contributed by atoms with E-state index >= 15 is 0 Å². The van der Waals surface area contributed by atoms with Gasteiger partial charge in [-0.25, -0.2) is 0 Å². The van der Waals surface area contributed by atoms with E-state index in [4.69, 9.17) is 13.6 Å². The van der Waals surface area contributed by atoms with Crippen molar-refractivity contribution in [3.63, 3.8) is 0 Å². The monoisotopic (exact) mass is 412 g/mol. The van der Waals surface area contributed by atoms with Crippen LogP contribution in [-0.2, 0) is 35.5 Å². The van der Waals surface area contributed by atoms with E-state index < -0.39 is 15.0 Å². The Hall–Kier alpha value is -1.46. The largest absolute Gasteiger partial charge is 0.335 e. The molecule has 0 atom stereocenters. The zero-order chi connectivity index (χ0) is 20.5. The van der Waals surface area contributed by atoms with Gasteiger partial charge in [-0.05, 0) is 37.1 Å². The Kier molecular flexibility index (Phi) is 9.40. The second kappa shape index (κ2) is 10.8. The fourth-order valence-corrected chi connectivity index (χ4v) is 5.38. The first-order valence-electron chi connectivity index (χ1n) is 8.87. The van der Waals surface area contributed by atoms with Crippen LogP contribution in [0.4, 0.5) is 0 Å². The van der Waals surface area contributed by atoms with Crippen molar-refractivity contribution in [2.45, 2.75) is 40.5 Å². The van der Waals surface area contributed by atoms with Gasteiger partial charge >= 0.3 is 7.60 Å². The Balaban J connectivity index is 3.24. The topological polar surface area (TPSA) is 109 Å². The lowest BCUT2D eigenvalue weighted by Gasteiger charge is -2.19. The number of benzene rings is 1. The van der Waals surface area contributed by atoms with Gasteiger partial charge < -0.3 is 13.6 Å². The minimum Gasteiger partial charge on any atom is -0.324 e. The molecular formula is C18H26N2O5P2. The molecule has 0 unspecified atom stereocenters. The maximum absolute atomic E-state index is 12.8. The van der Waals surface area contributed by atoms with E-state index in [1.54, 1.807) is 27.7 Å². The lowest BCUT2D eigenvalue weighted by molar-refractivity contribution is 0.219. The highest BCUT2D eigenvalue weighted by atomic mass is 31.2. The van der Waals surface area contributed by atoms with Gasteiger partial charge in [-0.2, -0.15) is 10.5 Å². The van der Waals surface area contributed by atoms with Crippen LogP contribution < -0.4 is 0 Å². The molecular weight excluding hydrogens is 386 g/mol. The normalized spacial score (nSPS) is 11.8. The summed E-state index contributed by atoms with van der Waals surface area (Å²) in [5.41, 5.74) is 1.43. The number of hydrogen-bond donors (Lipinski definition) is 0. The molecule has 1 aromatic carbocycles. The van der Waals surface area contributed by atoms with E-state index in [1.165, 1.54) is 12.1 Å². The van der Waals surface area contributed by atoms with E-state index in [2.05, 4.69) is 12.1 Å². The Morgan fingerprint density at radius 1 is 0.852 bits per heavy atom. The Labute approximate surface area is 161 Å². The molecule has 0 bridgehead atoms. The third kappa shape index (κ3) is 6.58. The summed E-state index contributed by atoms with van der Waals surface area (Å²) < 4.78 is 41.3. The molecule has 1 aromatic rings. The van der Waals surface area contributed by atoms with E-state index in [0.29, 0.717) is 23.5 Å². The first-order chi connectivity index (χ1) is 12.8. The summed E-state index contributed by atoms with van der Waals surface area (Å²) in [6, 6.07) is 7.14. The van der Waals surface area contributed by atoms with Crippen LogP contribution in [0.2, 0.25) is 0 Å². The highest BCUT2D eigenvalue weighted by Crippen LogP contribution is 2.52. The molecule has 9 heteroatoms. The first kappa shape index (κ1) is 23.6. The highest BCUT2D eigenvalue weighted by molar-refractivity contribution is 7.58. The lowest BCUT2D eigenvalue weighted by Crippen LogP contribution is -2.04. The Bertz CT molecular complexity index is 808.